The Morgan fingerprint density at radius 1 is 1.14 bits per heavy atom. The SMILES string of the molecule is N#Cc1cccc(CP(=O)(O)C(CCC(=O)O)NC(=O)OCc2ccccc2)c1. The summed E-state index contributed by atoms with van der Waals surface area (Å²) in [6.07, 6.45) is -1.86. The number of rotatable bonds is 9. The van der Waals surface area contributed by atoms with Crippen molar-refractivity contribution in [2.24, 2.45) is 0 Å². The van der Waals surface area contributed by atoms with Gasteiger partial charge in [-0.05, 0) is 29.7 Å². The Morgan fingerprint density at radius 3 is 2.48 bits per heavy atom. The molecule has 2 aromatic carbocycles. The van der Waals surface area contributed by atoms with Gasteiger partial charge in [-0.3, -0.25) is 9.36 Å². The molecular formula is C20H21N2O6P. The van der Waals surface area contributed by atoms with Gasteiger partial charge in [-0.25, -0.2) is 4.79 Å². The average Bonchev–Trinajstić information content (AvgIpc) is 2.69. The second-order valence-electron chi connectivity index (χ2n) is 6.38. The minimum Gasteiger partial charge on any atom is -0.481 e. The third-order valence-electron chi connectivity index (χ3n) is 4.08. The molecule has 0 aliphatic carbocycles. The highest BCUT2D eigenvalue weighted by Gasteiger charge is 2.33. The average molecular weight is 416 g/mol. The zero-order valence-electron chi connectivity index (χ0n) is 15.5. The Kier molecular flexibility index (Phi) is 7.96. The predicted octanol–water partition coefficient (Wildman–Crippen LogP) is 3.45. The van der Waals surface area contributed by atoms with Crippen LogP contribution in [0.2, 0.25) is 0 Å². The Hall–Kier alpha value is -3.14. The van der Waals surface area contributed by atoms with Crippen LogP contribution in [-0.4, -0.2) is 27.8 Å². The number of aliphatic carboxylic acids is 1. The highest BCUT2D eigenvalue weighted by Crippen LogP contribution is 2.50. The molecule has 0 fully saturated rings. The molecule has 0 radical (unpaired) electrons. The zero-order chi connectivity index (χ0) is 21.3. The van der Waals surface area contributed by atoms with Gasteiger partial charge in [0.1, 0.15) is 12.4 Å². The first-order valence-electron chi connectivity index (χ1n) is 8.79. The number of nitrogens with one attached hydrogen (secondary N) is 1. The summed E-state index contributed by atoms with van der Waals surface area (Å²) in [5.74, 6) is -2.45. The molecule has 0 saturated heterocycles. The van der Waals surface area contributed by atoms with Crippen LogP contribution in [0.25, 0.3) is 0 Å². The fourth-order valence-corrected chi connectivity index (χ4v) is 4.43. The van der Waals surface area contributed by atoms with Crippen LogP contribution in [0, 0.1) is 11.3 Å². The number of amides is 1. The van der Waals surface area contributed by atoms with Crippen molar-refractivity contribution >= 4 is 19.4 Å². The van der Waals surface area contributed by atoms with Crippen LogP contribution >= 0.6 is 7.37 Å². The summed E-state index contributed by atoms with van der Waals surface area (Å²) >= 11 is 0. The monoisotopic (exact) mass is 416 g/mol. The molecule has 0 aliphatic rings. The summed E-state index contributed by atoms with van der Waals surface area (Å²) < 4.78 is 18.0. The number of carboxylic acids is 1. The van der Waals surface area contributed by atoms with Crippen LogP contribution in [0.5, 0.6) is 0 Å². The lowest BCUT2D eigenvalue weighted by Gasteiger charge is -2.24. The van der Waals surface area contributed by atoms with Crippen molar-refractivity contribution < 1.29 is 28.9 Å². The fourth-order valence-electron chi connectivity index (χ4n) is 2.65. The molecule has 0 spiro atoms. The summed E-state index contributed by atoms with van der Waals surface area (Å²) in [7, 11) is -4.05. The molecule has 152 valence electrons. The van der Waals surface area contributed by atoms with Gasteiger partial charge in [-0.1, -0.05) is 42.5 Å². The molecular weight excluding hydrogens is 395 g/mol. The van der Waals surface area contributed by atoms with Crippen molar-refractivity contribution in [3.8, 4) is 6.07 Å². The number of nitriles is 1. The van der Waals surface area contributed by atoms with Crippen LogP contribution in [-0.2, 0) is 26.9 Å². The van der Waals surface area contributed by atoms with Gasteiger partial charge in [0.05, 0.1) is 17.8 Å². The van der Waals surface area contributed by atoms with Crippen LogP contribution in [0.3, 0.4) is 0 Å². The van der Waals surface area contributed by atoms with E-state index in [-0.39, 0.29) is 19.2 Å². The molecule has 2 aromatic rings. The lowest BCUT2D eigenvalue weighted by molar-refractivity contribution is -0.137. The second-order valence-corrected chi connectivity index (χ2v) is 8.83. The molecule has 0 aromatic heterocycles. The zero-order valence-corrected chi connectivity index (χ0v) is 16.4. The van der Waals surface area contributed by atoms with E-state index >= 15 is 0 Å². The molecule has 9 heteroatoms. The highest BCUT2D eigenvalue weighted by molar-refractivity contribution is 7.57. The lowest BCUT2D eigenvalue weighted by atomic mass is 10.2. The molecule has 8 nitrogen and oxygen atoms in total. The minimum absolute atomic E-state index is 0.0295. The van der Waals surface area contributed by atoms with E-state index in [9.17, 15) is 19.0 Å². The molecule has 0 aliphatic heterocycles. The van der Waals surface area contributed by atoms with E-state index in [1.807, 2.05) is 12.1 Å². The third-order valence-corrected chi connectivity index (χ3v) is 6.26. The first-order chi connectivity index (χ1) is 13.8. The summed E-state index contributed by atoms with van der Waals surface area (Å²) in [5.41, 5.74) is 1.51. The maximum atomic E-state index is 12.9. The summed E-state index contributed by atoms with van der Waals surface area (Å²) in [6.45, 7) is -0.0295. The number of benzene rings is 2. The summed E-state index contributed by atoms with van der Waals surface area (Å²) in [6, 6.07) is 17.1. The Labute approximate surface area is 168 Å². The first kappa shape index (κ1) is 22.2. The molecule has 0 saturated carbocycles. The largest absolute Gasteiger partial charge is 0.481 e. The molecule has 2 atom stereocenters. The number of hydrogen-bond donors (Lipinski definition) is 3. The molecule has 0 bridgehead atoms. The predicted molar refractivity (Wildman–Crippen MR) is 105 cm³/mol. The quantitative estimate of drug-likeness (QED) is 0.533. The van der Waals surface area contributed by atoms with Crippen LogP contribution < -0.4 is 5.32 Å². The number of ether oxygens (including phenoxy) is 1. The van der Waals surface area contributed by atoms with Crippen molar-refractivity contribution in [2.75, 3.05) is 0 Å². The van der Waals surface area contributed by atoms with Gasteiger partial charge in [0.2, 0.25) is 7.37 Å². The van der Waals surface area contributed by atoms with Gasteiger partial charge in [0.25, 0.3) is 0 Å². The van der Waals surface area contributed by atoms with E-state index < -0.39 is 31.6 Å². The van der Waals surface area contributed by atoms with Crippen molar-refractivity contribution in [2.45, 2.75) is 31.4 Å². The highest BCUT2D eigenvalue weighted by atomic mass is 31.2. The number of hydrogen-bond acceptors (Lipinski definition) is 5. The minimum atomic E-state index is -4.05. The lowest BCUT2D eigenvalue weighted by Crippen LogP contribution is -2.36. The number of nitrogens with zero attached hydrogens (tertiary/aromatic N) is 1. The normalized spacial score (nSPS) is 13.5. The fraction of sp³-hybridized carbons (Fsp3) is 0.250. The van der Waals surface area contributed by atoms with E-state index in [0.29, 0.717) is 11.1 Å². The van der Waals surface area contributed by atoms with Crippen molar-refractivity contribution in [1.82, 2.24) is 5.32 Å². The molecule has 2 rings (SSSR count). The third kappa shape index (κ3) is 7.41. The maximum Gasteiger partial charge on any atom is 0.408 e. The van der Waals surface area contributed by atoms with Gasteiger partial charge in [0, 0.05) is 6.42 Å². The first-order valence-corrected chi connectivity index (χ1v) is 10.7. The van der Waals surface area contributed by atoms with Crippen LogP contribution in [0.4, 0.5) is 4.79 Å². The van der Waals surface area contributed by atoms with E-state index in [1.165, 1.54) is 6.07 Å². The van der Waals surface area contributed by atoms with E-state index in [2.05, 4.69) is 5.32 Å². The molecule has 0 heterocycles. The van der Waals surface area contributed by atoms with Crippen molar-refractivity contribution in [3.05, 3.63) is 71.3 Å². The second kappa shape index (κ2) is 10.4. The number of carboxylic acid groups (broad SMARTS) is 1. The van der Waals surface area contributed by atoms with E-state index in [1.54, 1.807) is 42.5 Å². The number of carbonyl (C=O) groups is 2. The molecule has 2 unspecified atom stereocenters. The van der Waals surface area contributed by atoms with Gasteiger partial charge in [-0.15, -0.1) is 0 Å². The van der Waals surface area contributed by atoms with Gasteiger partial charge in [0.15, 0.2) is 0 Å². The summed E-state index contributed by atoms with van der Waals surface area (Å²) in [5, 5.41) is 20.2. The topological polar surface area (TPSA) is 137 Å². The van der Waals surface area contributed by atoms with Crippen LogP contribution in [0.15, 0.2) is 54.6 Å². The Morgan fingerprint density at radius 2 is 1.83 bits per heavy atom. The molecule has 1 amide bonds. The van der Waals surface area contributed by atoms with Crippen molar-refractivity contribution in [1.29, 1.82) is 5.26 Å². The van der Waals surface area contributed by atoms with Gasteiger partial charge in [-0.2, -0.15) is 5.26 Å². The molecule has 3 N–H and O–H groups in total. The maximum absolute atomic E-state index is 12.9. The van der Waals surface area contributed by atoms with Gasteiger partial charge >= 0.3 is 12.1 Å². The van der Waals surface area contributed by atoms with Gasteiger partial charge < -0.3 is 20.1 Å². The Bertz CT molecular complexity index is 941. The van der Waals surface area contributed by atoms with Crippen LogP contribution in [0.1, 0.15) is 29.5 Å². The number of carbonyl (C=O) groups excluding carboxylic acids is 1. The smallest absolute Gasteiger partial charge is 0.408 e. The van der Waals surface area contributed by atoms with E-state index in [0.717, 1.165) is 5.56 Å². The van der Waals surface area contributed by atoms with E-state index in [4.69, 9.17) is 15.1 Å². The Balaban J connectivity index is 2.08. The number of alkyl carbamates (subject to hydrolysis) is 1. The van der Waals surface area contributed by atoms with Crippen molar-refractivity contribution in [3.63, 3.8) is 0 Å². The molecule has 29 heavy (non-hydrogen) atoms. The summed E-state index contributed by atoms with van der Waals surface area (Å²) in [4.78, 5) is 33.6. The standard InChI is InChI=1S/C20H21N2O6P/c21-12-16-7-4-8-17(11-16)14-29(26,27)18(9-10-19(23)24)22-20(25)28-13-15-5-2-1-3-6-15/h1-8,11,18H,9-10,13-14H2,(H,22,25)(H,23,24)(H,26,27).